The minimum Gasteiger partial charge on any atom is -0.304 e. The van der Waals surface area contributed by atoms with Crippen LogP contribution in [-0.2, 0) is 13.0 Å². The van der Waals surface area contributed by atoms with Crippen LogP contribution in [-0.4, -0.2) is 9.97 Å². The Kier molecular flexibility index (Phi) is 4.12. The van der Waals surface area contributed by atoms with Crippen molar-refractivity contribution < 1.29 is 0 Å². The third-order valence-electron chi connectivity index (χ3n) is 4.18. The molecule has 116 valence electrons. The predicted octanol–water partition coefficient (Wildman–Crippen LogP) is 4.64. The molecule has 0 amide bonds. The van der Waals surface area contributed by atoms with Gasteiger partial charge in [-0.1, -0.05) is 29.8 Å². The van der Waals surface area contributed by atoms with E-state index in [2.05, 4.69) is 26.7 Å². The Hall–Kier alpha value is -1.75. The molecular formula is C18H16ClN3S. The number of thiazole rings is 1. The number of benzene rings is 1. The average molecular weight is 342 g/mol. The molecule has 1 atom stereocenters. The van der Waals surface area contributed by atoms with Gasteiger partial charge in [-0.25, -0.2) is 4.98 Å². The van der Waals surface area contributed by atoms with E-state index in [1.54, 1.807) is 17.5 Å². The van der Waals surface area contributed by atoms with Gasteiger partial charge in [-0.15, -0.1) is 11.3 Å². The van der Waals surface area contributed by atoms with Gasteiger partial charge in [0.05, 0.1) is 11.4 Å². The predicted molar refractivity (Wildman–Crippen MR) is 94.7 cm³/mol. The molecule has 1 N–H and O–H groups in total. The first-order valence-electron chi connectivity index (χ1n) is 7.68. The van der Waals surface area contributed by atoms with Crippen LogP contribution in [0.2, 0.25) is 5.02 Å². The van der Waals surface area contributed by atoms with E-state index in [9.17, 15) is 0 Å². The molecule has 0 saturated carbocycles. The summed E-state index contributed by atoms with van der Waals surface area (Å²) in [7, 11) is 0. The summed E-state index contributed by atoms with van der Waals surface area (Å²) in [6.45, 7) is 0.764. The van der Waals surface area contributed by atoms with Crippen molar-refractivity contribution in [3.63, 3.8) is 0 Å². The zero-order valence-corrected chi connectivity index (χ0v) is 14.1. The van der Waals surface area contributed by atoms with Crippen molar-refractivity contribution in [3.8, 4) is 10.7 Å². The Labute approximate surface area is 144 Å². The summed E-state index contributed by atoms with van der Waals surface area (Å²) in [5.74, 6) is 0. The van der Waals surface area contributed by atoms with Gasteiger partial charge in [0.1, 0.15) is 5.01 Å². The highest BCUT2D eigenvalue weighted by atomic mass is 35.5. The van der Waals surface area contributed by atoms with Gasteiger partial charge in [0.25, 0.3) is 0 Å². The lowest BCUT2D eigenvalue weighted by Gasteiger charge is -2.13. The molecule has 0 spiro atoms. The highest BCUT2D eigenvalue weighted by Crippen LogP contribution is 2.35. The summed E-state index contributed by atoms with van der Waals surface area (Å²) in [5.41, 5.74) is 4.62. The molecule has 1 aliphatic carbocycles. The van der Waals surface area contributed by atoms with Crippen LogP contribution in [0, 0.1) is 0 Å². The van der Waals surface area contributed by atoms with Gasteiger partial charge < -0.3 is 5.32 Å². The van der Waals surface area contributed by atoms with E-state index < -0.39 is 0 Å². The first-order valence-corrected chi connectivity index (χ1v) is 8.93. The minimum absolute atomic E-state index is 0.365. The molecule has 3 nitrogen and oxygen atoms in total. The van der Waals surface area contributed by atoms with Gasteiger partial charge in [-0.2, -0.15) is 0 Å². The standard InChI is InChI=1S/C18H16ClN3S/c19-15-5-3-4-14-13(15)7-8-16(14)21-10-12-11-23-18(22-12)17-6-1-2-9-20-17/h1-6,9,11,16,21H,7-8,10H2/t16-/m1/s1. The van der Waals surface area contributed by atoms with E-state index in [0.717, 1.165) is 40.8 Å². The smallest absolute Gasteiger partial charge is 0.142 e. The molecule has 0 unspecified atom stereocenters. The van der Waals surface area contributed by atoms with Crippen molar-refractivity contribution in [1.29, 1.82) is 0 Å². The number of nitrogens with zero attached hydrogens (tertiary/aromatic N) is 2. The Morgan fingerprint density at radius 1 is 1.22 bits per heavy atom. The van der Waals surface area contributed by atoms with Crippen molar-refractivity contribution >= 4 is 22.9 Å². The van der Waals surface area contributed by atoms with Crippen molar-refractivity contribution in [2.45, 2.75) is 25.4 Å². The van der Waals surface area contributed by atoms with Gasteiger partial charge in [0, 0.05) is 29.2 Å². The highest BCUT2D eigenvalue weighted by Gasteiger charge is 2.23. The van der Waals surface area contributed by atoms with Crippen molar-refractivity contribution in [2.75, 3.05) is 0 Å². The van der Waals surface area contributed by atoms with Gasteiger partial charge in [-0.05, 0) is 42.2 Å². The summed E-state index contributed by atoms with van der Waals surface area (Å²) in [5, 5.41) is 7.57. The molecule has 2 heterocycles. The lowest BCUT2D eigenvalue weighted by molar-refractivity contribution is 0.526. The minimum atomic E-state index is 0.365. The summed E-state index contributed by atoms with van der Waals surface area (Å²) >= 11 is 7.92. The number of halogens is 1. The first kappa shape index (κ1) is 14.8. The second-order valence-corrected chi connectivity index (χ2v) is 6.90. The molecule has 0 fully saturated rings. The Bertz CT molecular complexity index is 816. The number of rotatable bonds is 4. The van der Waals surface area contributed by atoms with Crippen LogP contribution < -0.4 is 5.32 Å². The lowest BCUT2D eigenvalue weighted by Crippen LogP contribution is -2.18. The third-order valence-corrected chi connectivity index (χ3v) is 5.45. The van der Waals surface area contributed by atoms with Crippen molar-refractivity contribution in [2.24, 2.45) is 0 Å². The Balaban J connectivity index is 1.45. The maximum Gasteiger partial charge on any atom is 0.142 e. The van der Waals surface area contributed by atoms with Crippen LogP contribution in [0.15, 0.2) is 48.0 Å². The Morgan fingerprint density at radius 3 is 3.04 bits per heavy atom. The average Bonchev–Trinajstić information content (AvgIpc) is 3.21. The SMILES string of the molecule is Clc1cccc2c1CC[C@H]2NCc1csc(-c2ccccn2)n1. The zero-order chi connectivity index (χ0) is 15.6. The second-order valence-electron chi connectivity index (χ2n) is 5.64. The number of aromatic nitrogens is 2. The molecule has 2 aromatic heterocycles. The second kappa shape index (κ2) is 6.40. The van der Waals surface area contributed by atoms with E-state index >= 15 is 0 Å². The van der Waals surface area contributed by atoms with E-state index in [1.165, 1.54) is 11.1 Å². The molecule has 23 heavy (non-hydrogen) atoms. The van der Waals surface area contributed by atoms with Crippen LogP contribution in [0.25, 0.3) is 10.7 Å². The maximum absolute atomic E-state index is 6.28. The van der Waals surface area contributed by atoms with Crippen LogP contribution >= 0.6 is 22.9 Å². The summed E-state index contributed by atoms with van der Waals surface area (Å²) in [4.78, 5) is 9.03. The summed E-state index contributed by atoms with van der Waals surface area (Å²) in [6.07, 6.45) is 3.94. The van der Waals surface area contributed by atoms with Crippen LogP contribution in [0.5, 0.6) is 0 Å². The van der Waals surface area contributed by atoms with Gasteiger partial charge in [-0.3, -0.25) is 4.98 Å². The number of hydrogen-bond donors (Lipinski definition) is 1. The van der Waals surface area contributed by atoms with E-state index in [4.69, 9.17) is 11.6 Å². The molecule has 0 radical (unpaired) electrons. The maximum atomic E-state index is 6.28. The molecule has 0 bridgehead atoms. The van der Waals surface area contributed by atoms with Crippen LogP contribution in [0.3, 0.4) is 0 Å². The fourth-order valence-corrected chi connectivity index (χ4v) is 4.12. The highest BCUT2D eigenvalue weighted by molar-refractivity contribution is 7.13. The molecule has 5 heteroatoms. The topological polar surface area (TPSA) is 37.8 Å². The first-order chi connectivity index (χ1) is 11.3. The third kappa shape index (κ3) is 3.02. The molecular weight excluding hydrogens is 326 g/mol. The Morgan fingerprint density at radius 2 is 2.17 bits per heavy atom. The fraction of sp³-hybridized carbons (Fsp3) is 0.222. The summed E-state index contributed by atoms with van der Waals surface area (Å²) in [6, 6.07) is 12.4. The van der Waals surface area contributed by atoms with Gasteiger partial charge >= 0.3 is 0 Å². The molecule has 0 aliphatic heterocycles. The number of hydrogen-bond acceptors (Lipinski definition) is 4. The quantitative estimate of drug-likeness (QED) is 0.751. The number of pyridine rings is 1. The molecule has 4 rings (SSSR count). The van der Waals surface area contributed by atoms with Gasteiger partial charge in [0.15, 0.2) is 0 Å². The monoisotopic (exact) mass is 341 g/mol. The van der Waals surface area contributed by atoms with Crippen molar-refractivity contribution in [1.82, 2.24) is 15.3 Å². The van der Waals surface area contributed by atoms with Crippen molar-refractivity contribution in [3.05, 3.63) is 69.8 Å². The van der Waals surface area contributed by atoms with E-state index in [0.29, 0.717) is 6.04 Å². The molecule has 1 aliphatic rings. The van der Waals surface area contributed by atoms with E-state index in [1.807, 2.05) is 30.3 Å². The fourth-order valence-electron chi connectivity index (χ4n) is 3.04. The number of nitrogens with one attached hydrogen (secondary N) is 1. The van der Waals surface area contributed by atoms with Gasteiger partial charge in [0.2, 0.25) is 0 Å². The van der Waals surface area contributed by atoms with E-state index in [-0.39, 0.29) is 0 Å². The summed E-state index contributed by atoms with van der Waals surface area (Å²) < 4.78 is 0. The lowest BCUT2D eigenvalue weighted by atomic mass is 10.1. The van der Waals surface area contributed by atoms with Crippen LogP contribution in [0.4, 0.5) is 0 Å². The number of fused-ring (bicyclic) bond motifs is 1. The van der Waals surface area contributed by atoms with Crippen LogP contribution in [0.1, 0.15) is 29.3 Å². The largest absolute Gasteiger partial charge is 0.304 e. The molecule has 0 saturated heterocycles. The molecule has 1 aromatic carbocycles. The normalized spacial score (nSPS) is 16.5. The molecule has 3 aromatic rings. The zero-order valence-electron chi connectivity index (χ0n) is 12.5.